The molecule has 3 nitrogen and oxygen atoms in total. The highest BCUT2D eigenvalue weighted by atomic mass is 35.5. The van der Waals surface area contributed by atoms with Crippen LogP contribution in [0.1, 0.15) is 17.2 Å². The zero-order valence-corrected chi connectivity index (χ0v) is 10.1. The van der Waals surface area contributed by atoms with Gasteiger partial charge < -0.3 is 5.11 Å². The van der Waals surface area contributed by atoms with E-state index in [2.05, 4.69) is 5.10 Å². The Labute approximate surface area is 103 Å². The first-order valence-corrected chi connectivity index (χ1v) is 5.45. The fourth-order valence-corrected chi connectivity index (χ4v) is 1.76. The van der Waals surface area contributed by atoms with Crippen LogP contribution >= 0.6 is 23.2 Å². The molecule has 0 amide bonds. The monoisotopic (exact) mass is 256 g/mol. The van der Waals surface area contributed by atoms with E-state index in [1.54, 1.807) is 42.3 Å². The molecule has 0 bridgehead atoms. The molecule has 0 aliphatic heterocycles. The molecule has 0 saturated heterocycles. The Morgan fingerprint density at radius 1 is 1.25 bits per heavy atom. The molecule has 16 heavy (non-hydrogen) atoms. The zero-order chi connectivity index (χ0) is 11.7. The standard InChI is InChI=1S/C11H10Cl2N2O/c1-15-6-8(5-14-15)11(16)7-2-3-9(12)10(13)4-7/h2-6,11,16H,1H3. The van der Waals surface area contributed by atoms with Crippen LogP contribution in [0.4, 0.5) is 0 Å². The van der Waals surface area contributed by atoms with Gasteiger partial charge in [0, 0.05) is 18.8 Å². The van der Waals surface area contributed by atoms with E-state index in [-0.39, 0.29) is 0 Å². The number of aliphatic hydroxyl groups excluding tert-OH is 1. The maximum Gasteiger partial charge on any atom is 0.107 e. The van der Waals surface area contributed by atoms with E-state index in [0.717, 1.165) is 5.56 Å². The predicted octanol–water partition coefficient (Wildman–Crippen LogP) is 2.81. The van der Waals surface area contributed by atoms with Gasteiger partial charge in [-0.2, -0.15) is 5.10 Å². The van der Waals surface area contributed by atoms with Gasteiger partial charge in [0.25, 0.3) is 0 Å². The summed E-state index contributed by atoms with van der Waals surface area (Å²) in [6.45, 7) is 0. The van der Waals surface area contributed by atoms with E-state index in [0.29, 0.717) is 15.6 Å². The SMILES string of the molecule is Cn1cc(C(O)c2ccc(Cl)c(Cl)c2)cn1. The average Bonchev–Trinajstić information content (AvgIpc) is 2.68. The van der Waals surface area contributed by atoms with Crippen molar-refractivity contribution in [3.05, 3.63) is 51.8 Å². The third kappa shape index (κ3) is 2.21. The maximum absolute atomic E-state index is 10.1. The van der Waals surface area contributed by atoms with Crippen LogP contribution < -0.4 is 0 Å². The van der Waals surface area contributed by atoms with Crippen LogP contribution in [0, 0.1) is 0 Å². The second-order valence-corrected chi connectivity index (χ2v) is 4.34. The van der Waals surface area contributed by atoms with Gasteiger partial charge in [0.1, 0.15) is 6.10 Å². The lowest BCUT2D eigenvalue weighted by Gasteiger charge is -2.09. The largest absolute Gasteiger partial charge is 0.384 e. The van der Waals surface area contributed by atoms with Crippen molar-refractivity contribution >= 4 is 23.2 Å². The second-order valence-electron chi connectivity index (χ2n) is 3.52. The Bertz CT molecular complexity index is 510. The van der Waals surface area contributed by atoms with Gasteiger partial charge >= 0.3 is 0 Å². The smallest absolute Gasteiger partial charge is 0.107 e. The molecule has 1 heterocycles. The van der Waals surface area contributed by atoms with Crippen molar-refractivity contribution in [2.24, 2.45) is 7.05 Å². The summed E-state index contributed by atoms with van der Waals surface area (Å²) in [6.07, 6.45) is 2.64. The molecule has 0 aliphatic rings. The van der Waals surface area contributed by atoms with Gasteiger partial charge in [-0.3, -0.25) is 4.68 Å². The Morgan fingerprint density at radius 3 is 2.56 bits per heavy atom. The van der Waals surface area contributed by atoms with Gasteiger partial charge in [-0.1, -0.05) is 29.3 Å². The van der Waals surface area contributed by atoms with Gasteiger partial charge in [-0.05, 0) is 17.7 Å². The third-order valence-corrected chi connectivity index (χ3v) is 3.04. The topological polar surface area (TPSA) is 38.0 Å². The van der Waals surface area contributed by atoms with Crippen LogP contribution in [0.5, 0.6) is 0 Å². The van der Waals surface area contributed by atoms with E-state index >= 15 is 0 Å². The molecule has 0 aliphatic carbocycles. The third-order valence-electron chi connectivity index (χ3n) is 2.30. The lowest BCUT2D eigenvalue weighted by Crippen LogP contribution is -1.98. The van der Waals surface area contributed by atoms with Crippen LogP contribution in [-0.4, -0.2) is 14.9 Å². The Hall–Kier alpha value is -1.03. The number of aryl methyl sites for hydroxylation is 1. The van der Waals surface area contributed by atoms with Gasteiger partial charge in [0.2, 0.25) is 0 Å². The summed E-state index contributed by atoms with van der Waals surface area (Å²) in [7, 11) is 1.80. The molecule has 0 spiro atoms. The van der Waals surface area contributed by atoms with Crippen LogP contribution in [0.3, 0.4) is 0 Å². The normalized spacial score (nSPS) is 12.8. The number of halogens is 2. The molecule has 1 atom stereocenters. The molecule has 2 rings (SSSR count). The zero-order valence-electron chi connectivity index (χ0n) is 8.56. The summed E-state index contributed by atoms with van der Waals surface area (Å²) in [5, 5.41) is 15.0. The number of hydrogen-bond acceptors (Lipinski definition) is 2. The van der Waals surface area contributed by atoms with Crippen molar-refractivity contribution in [3.8, 4) is 0 Å². The fourth-order valence-electron chi connectivity index (χ4n) is 1.46. The Balaban J connectivity index is 2.33. The Morgan fingerprint density at radius 2 is 2.00 bits per heavy atom. The molecular weight excluding hydrogens is 247 g/mol. The van der Waals surface area contributed by atoms with E-state index in [4.69, 9.17) is 23.2 Å². The maximum atomic E-state index is 10.1. The number of nitrogens with zero attached hydrogens (tertiary/aromatic N) is 2. The minimum atomic E-state index is -0.733. The van der Waals surface area contributed by atoms with Crippen molar-refractivity contribution in [3.63, 3.8) is 0 Å². The highest BCUT2D eigenvalue weighted by Crippen LogP contribution is 2.28. The van der Waals surface area contributed by atoms with E-state index in [1.165, 1.54) is 0 Å². The predicted molar refractivity (Wildman–Crippen MR) is 63.7 cm³/mol. The molecular formula is C11H10Cl2N2O. The number of aromatic nitrogens is 2. The van der Waals surface area contributed by atoms with Crippen LogP contribution in [0.25, 0.3) is 0 Å². The first-order chi connectivity index (χ1) is 7.58. The van der Waals surface area contributed by atoms with Crippen LogP contribution in [0.2, 0.25) is 10.0 Å². The molecule has 5 heteroatoms. The first-order valence-electron chi connectivity index (χ1n) is 4.69. The van der Waals surface area contributed by atoms with Crippen molar-refractivity contribution < 1.29 is 5.11 Å². The number of hydrogen-bond donors (Lipinski definition) is 1. The molecule has 1 aromatic carbocycles. The number of rotatable bonds is 2. The summed E-state index contributed by atoms with van der Waals surface area (Å²) < 4.78 is 1.63. The summed E-state index contributed by atoms with van der Waals surface area (Å²) in [5.41, 5.74) is 1.42. The van der Waals surface area contributed by atoms with E-state index < -0.39 is 6.10 Å². The molecule has 2 aromatic rings. The highest BCUT2D eigenvalue weighted by Gasteiger charge is 2.13. The second kappa shape index (κ2) is 4.45. The van der Waals surface area contributed by atoms with Crippen LogP contribution in [-0.2, 0) is 7.05 Å². The van der Waals surface area contributed by atoms with E-state index in [1.807, 2.05) is 0 Å². The van der Waals surface area contributed by atoms with Gasteiger partial charge in [0.05, 0.1) is 16.2 Å². The van der Waals surface area contributed by atoms with Gasteiger partial charge in [-0.15, -0.1) is 0 Å². The van der Waals surface area contributed by atoms with Gasteiger partial charge in [-0.25, -0.2) is 0 Å². The lowest BCUT2D eigenvalue weighted by molar-refractivity contribution is 0.220. The highest BCUT2D eigenvalue weighted by molar-refractivity contribution is 6.42. The summed E-state index contributed by atoms with van der Waals surface area (Å²) in [6, 6.07) is 5.06. The molecule has 0 radical (unpaired) electrons. The summed E-state index contributed by atoms with van der Waals surface area (Å²) in [5.74, 6) is 0. The van der Waals surface area contributed by atoms with Crippen LogP contribution in [0.15, 0.2) is 30.6 Å². The summed E-state index contributed by atoms with van der Waals surface area (Å²) in [4.78, 5) is 0. The quantitative estimate of drug-likeness (QED) is 0.898. The van der Waals surface area contributed by atoms with Crippen molar-refractivity contribution in [1.29, 1.82) is 0 Å². The molecule has 1 aromatic heterocycles. The molecule has 1 N–H and O–H groups in total. The minimum absolute atomic E-state index is 0.433. The number of aliphatic hydroxyl groups is 1. The number of benzene rings is 1. The molecule has 1 unspecified atom stereocenters. The Kier molecular flexibility index (Phi) is 3.19. The minimum Gasteiger partial charge on any atom is -0.384 e. The fraction of sp³-hybridized carbons (Fsp3) is 0.182. The van der Waals surface area contributed by atoms with Crippen molar-refractivity contribution in [2.75, 3.05) is 0 Å². The van der Waals surface area contributed by atoms with Crippen molar-refractivity contribution in [1.82, 2.24) is 9.78 Å². The lowest BCUT2D eigenvalue weighted by atomic mass is 10.1. The first kappa shape index (κ1) is 11.5. The molecule has 0 saturated carbocycles. The molecule has 84 valence electrons. The summed E-state index contributed by atoms with van der Waals surface area (Å²) >= 11 is 11.7. The molecule has 0 fully saturated rings. The van der Waals surface area contributed by atoms with E-state index in [9.17, 15) is 5.11 Å². The van der Waals surface area contributed by atoms with Gasteiger partial charge in [0.15, 0.2) is 0 Å². The van der Waals surface area contributed by atoms with Crippen molar-refractivity contribution in [2.45, 2.75) is 6.10 Å². The average molecular weight is 257 g/mol.